The number of carbonyl (C=O) groups excluding carboxylic acids is 2. The number of ether oxygens (including phenoxy) is 1. The van der Waals surface area contributed by atoms with E-state index in [1.807, 2.05) is 24.3 Å². The molecule has 1 aliphatic heterocycles. The molecule has 1 N–H and O–H groups in total. The number of amides is 2. The van der Waals surface area contributed by atoms with Crippen molar-refractivity contribution in [3.63, 3.8) is 0 Å². The van der Waals surface area contributed by atoms with Crippen molar-refractivity contribution >= 4 is 11.8 Å². The zero-order chi connectivity index (χ0) is 19.5. The fourth-order valence-electron chi connectivity index (χ4n) is 3.58. The topological polar surface area (TPSA) is 84.4 Å². The lowest BCUT2D eigenvalue weighted by Crippen LogP contribution is -2.34. The molecule has 7 nitrogen and oxygen atoms in total. The van der Waals surface area contributed by atoms with E-state index < -0.39 is 0 Å². The Labute approximate surface area is 164 Å². The average Bonchev–Trinajstić information content (AvgIpc) is 2.98. The molecule has 0 radical (unpaired) electrons. The van der Waals surface area contributed by atoms with Crippen LogP contribution in [0, 0.1) is 5.92 Å². The van der Waals surface area contributed by atoms with E-state index in [1.54, 1.807) is 18.2 Å². The molecule has 1 saturated carbocycles. The molecule has 0 atom stereocenters. The normalized spacial score (nSPS) is 15.9. The van der Waals surface area contributed by atoms with Crippen molar-refractivity contribution in [1.29, 1.82) is 0 Å². The summed E-state index contributed by atoms with van der Waals surface area (Å²) in [6.45, 7) is 1.37. The van der Waals surface area contributed by atoms with Crippen molar-refractivity contribution in [3.05, 3.63) is 53.0 Å². The molecule has 1 fully saturated rings. The van der Waals surface area contributed by atoms with Crippen LogP contribution in [0.25, 0.3) is 0 Å². The minimum absolute atomic E-state index is 0.0346. The molecule has 1 aliphatic carbocycles. The van der Waals surface area contributed by atoms with Crippen LogP contribution in [0.4, 0.5) is 0 Å². The van der Waals surface area contributed by atoms with Gasteiger partial charge in [-0.05, 0) is 31.0 Å². The Hall–Kier alpha value is -2.96. The van der Waals surface area contributed by atoms with Crippen LogP contribution in [0.3, 0.4) is 0 Å². The molecule has 3 heterocycles. The fourth-order valence-corrected chi connectivity index (χ4v) is 3.58. The number of nitrogens with one attached hydrogen (secondary N) is 1. The number of nitrogens with zero attached hydrogens (tertiary/aromatic N) is 3. The van der Waals surface area contributed by atoms with Gasteiger partial charge in [0.2, 0.25) is 11.8 Å². The molecule has 0 bridgehead atoms. The monoisotopic (exact) mass is 380 g/mol. The number of rotatable bonds is 7. The number of carbonyl (C=O) groups is 2. The predicted octanol–water partition coefficient (Wildman–Crippen LogP) is 2.10. The zero-order valence-corrected chi connectivity index (χ0v) is 16.0. The van der Waals surface area contributed by atoms with Gasteiger partial charge >= 0.3 is 0 Å². The number of methoxy groups -OCH3 is 1. The first-order valence-electron chi connectivity index (χ1n) is 9.69. The second kappa shape index (κ2) is 7.96. The number of aromatic nitrogens is 2. The van der Waals surface area contributed by atoms with E-state index in [1.165, 1.54) is 0 Å². The van der Waals surface area contributed by atoms with E-state index in [-0.39, 0.29) is 17.7 Å². The summed E-state index contributed by atoms with van der Waals surface area (Å²) in [5.41, 5.74) is 3.00. The molecule has 0 aromatic carbocycles. The standard InChI is InChI=1S/C21H24N4O3/c1-28-20-15(12-23-19(26)14-5-4-6-14)11-17-18(24-20)13-25(21(17)27)10-8-16-7-2-3-9-22-16/h2-3,7,9,11,14H,4-6,8,10,12-13H2,1H3,(H,23,26). The van der Waals surface area contributed by atoms with Gasteiger partial charge in [0.25, 0.3) is 5.91 Å². The smallest absolute Gasteiger partial charge is 0.256 e. The Bertz CT molecular complexity index is 881. The van der Waals surface area contributed by atoms with Gasteiger partial charge in [0.1, 0.15) is 0 Å². The van der Waals surface area contributed by atoms with Gasteiger partial charge < -0.3 is 15.0 Å². The molecule has 2 aromatic heterocycles. The van der Waals surface area contributed by atoms with Gasteiger partial charge in [-0.25, -0.2) is 4.98 Å². The lowest BCUT2D eigenvalue weighted by Gasteiger charge is -2.24. The molecular weight excluding hydrogens is 356 g/mol. The van der Waals surface area contributed by atoms with Crippen LogP contribution in [-0.2, 0) is 24.3 Å². The minimum Gasteiger partial charge on any atom is -0.481 e. The number of pyridine rings is 2. The molecule has 4 rings (SSSR count). The van der Waals surface area contributed by atoms with Gasteiger partial charge in [-0.1, -0.05) is 12.5 Å². The number of hydrogen-bond acceptors (Lipinski definition) is 5. The van der Waals surface area contributed by atoms with Crippen molar-refractivity contribution in [2.24, 2.45) is 5.92 Å². The van der Waals surface area contributed by atoms with E-state index in [0.717, 1.165) is 36.2 Å². The van der Waals surface area contributed by atoms with E-state index in [0.29, 0.717) is 37.5 Å². The Morgan fingerprint density at radius 3 is 2.89 bits per heavy atom. The second-order valence-corrected chi connectivity index (χ2v) is 7.29. The molecule has 0 saturated heterocycles. The molecule has 28 heavy (non-hydrogen) atoms. The van der Waals surface area contributed by atoms with Crippen molar-refractivity contribution in [3.8, 4) is 5.88 Å². The van der Waals surface area contributed by atoms with E-state index in [9.17, 15) is 9.59 Å². The number of fused-ring (bicyclic) bond motifs is 1. The van der Waals surface area contributed by atoms with Crippen molar-refractivity contribution in [1.82, 2.24) is 20.2 Å². The molecule has 146 valence electrons. The highest BCUT2D eigenvalue weighted by molar-refractivity contribution is 5.98. The van der Waals surface area contributed by atoms with Crippen LogP contribution in [-0.4, -0.2) is 40.3 Å². The van der Waals surface area contributed by atoms with Crippen LogP contribution >= 0.6 is 0 Å². The van der Waals surface area contributed by atoms with E-state index >= 15 is 0 Å². The highest BCUT2D eigenvalue weighted by Crippen LogP contribution is 2.29. The third-order valence-electron chi connectivity index (χ3n) is 5.49. The Balaban J connectivity index is 1.44. The lowest BCUT2D eigenvalue weighted by atomic mass is 9.85. The number of hydrogen-bond donors (Lipinski definition) is 1. The summed E-state index contributed by atoms with van der Waals surface area (Å²) < 4.78 is 5.40. The molecule has 2 aliphatic rings. The molecule has 2 aromatic rings. The summed E-state index contributed by atoms with van der Waals surface area (Å²) in [6, 6.07) is 7.59. The quantitative estimate of drug-likeness (QED) is 0.795. The summed E-state index contributed by atoms with van der Waals surface area (Å²) >= 11 is 0. The maximum absolute atomic E-state index is 12.8. The highest BCUT2D eigenvalue weighted by Gasteiger charge is 2.31. The van der Waals surface area contributed by atoms with Crippen LogP contribution in [0.5, 0.6) is 5.88 Å². The lowest BCUT2D eigenvalue weighted by molar-refractivity contribution is -0.127. The van der Waals surface area contributed by atoms with Crippen molar-refractivity contribution in [2.45, 2.75) is 38.8 Å². The van der Waals surface area contributed by atoms with Crippen LogP contribution in [0.2, 0.25) is 0 Å². The summed E-state index contributed by atoms with van der Waals surface area (Å²) in [6.07, 6.45) is 5.48. The first-order valence-corrected chi connectivity index (χ1v) is 9.69. The maximum atomic E-state index is 12.8. The second-order valence-electron chi connectivity index (χ2n) is 7.29. The van der Waals surface area contributed by atoms with Gasteiger partial charge in [-0.3, -0.25) is 14.6 Å². The van der Waals surface area contributed by atoms with Gasteiger partial charge in [0.05, 0.1) is 24.9 Å². The Kier molecular flexibility index (Phi) is 5.23. The minimum atomic E-state index is -0.0346. The van der Waals surface area contributed by atoms with Gasteiger partial charge in [-0.15, -0.1) is 0 Å². The maximum Gasteiger partial charge on any atom is 0.256 e. The molecular formula is C21H24N4O3. The third kappa shape index (κ3) is 3.69. The van der Waals surface area contributed by atoms with E-state index in [4.69, 9.17) is 4.74 Å². The molecule has 0 spiro atoms. The van der Waals surface area contributed by atoms with Crippen molar-refractivity contribution < 1.29 is 14.3 Å². The van der Waals surface area contributed by atoms with Gasteiger partial charge in [0, 0.05) is 42.9 Å². The molecule has 0 unspecified atom stereocenters. The largest absolute Gasteiger partial charge is 0.481 e. The van der Waals surface area contributed by atoms with Gasteiger partial charge in [0.15, 0.2) is 0 Å². The Morgan fingerprint density at radius 1 is 1.36 bits per heavy atom. The van der Waals surface area contributed by atoms with Crippen LogP contribution in [0.15, 0.2) is 30.5 Å². The summed E-state index contributed by atoms with van der Waals surface area (Å²) in [4.78, 5) is 35.5. The summed E-state index contributed by atoms with van der Waals surface area (Å²) in [5, 5.41) is 2.95. The molecule has 7 heteroatoms. The third-order valence-corrected chi connectivity index (χ3v) is 5.49. The van der Waals surface area contributed by atoms with Crippen molar-refractivity contribution in [2.75, 3.05) is 13.7 Å². The summed E-state index contributed by atoms with van der Waals surface area (Å²) in [5.74, 6) is 0.619. The highest BCUT2D eigenvalue weighted by atomic mass is 16.5. The van der Waals surface area contributed by atoms with Crippen LogP contribution < -0.4 is 10.1 Å². The Morgan fingerprint density at radius 2 is 2.21 bits per heavy atom. The van der Waals surface area contributed by atoms with Gasteiger partial charge in [-0.2, -0.15) is 0 Å². The molecule has 2 amide bonds. The average molecular weight is 380 g/mol. The van der Waals surface area contributed by atoms with Crippen LogP contribution in [0.1, 0.15) is 46.6 Å². The fraction of sp³-hybridized carbons (Fsp3) is 0.429. The van der Waals surface area contributed by atoms with E-state index in [2.05, 4.69) is 15.3 Å². The first kappa shape index (κ1) is 18.4. The summed E-state index contributed by atoms with van der Waals surface area (Å²) in [7, 11) is 1.56. The first-order chi connectivity index (χ1) is 13.7. The predicted molar refractivity (Wildman–Crippen MR) is 103 cm³/mol. The SMILES string of the molecule is COc1nc2c(cc1CNC(=O)C1CCC1)C(=O)N(CCc1ccccn1)C2. The zero-order valence-electron chi connectivity index (χ0n) is 16.0.